The van der Waals surface area contributed by atoms with Crippen LogP contribution in [0.1, 0.15) is 40.1 Å². The van der Waals surface area contributed by atoms with Crippen molar-refractivity contribution in [2.75, 3.05) is 7.11 Å². The van der Waals surface area contributed by atoms with Gasteiger partial charge in [-0.15, -0.1) is 0 Å². The molecule has 0 spiro atoms. The highest BCUT2D eigenvalue weighted by atomic mass is 16.5. The lowest BCUT2D eigenvalue weighted by Gasteiger charge is -2.32. The number of ether oxygens (including phenoxy) is 1. The molecule has 5 aromatic rings. The van der Waals surface area contributed by atoms with E-state index in [-0.39, 0.29) is 60.2 Å². The van der Waals surface area contributed by atoms with E-state index in [0.29, 0.717) is 0 Å². The van der Waals surface area contributed by atoms with Crippen LogP contribution >= 0.6 is 0 Å². The highest BCUT2D eigenvalue weighted by Crippen LogP contribution is 2.42. The molecule has 0 N–H and O–H groups in total. The van der Waals surface area contributed by atoms with Gasteiger partial charge in [-0.25, -0.2) is 9.59 Å². The first-order valence-electron chi connectivity index (χ1n) is 11.7. The third-order valence-corrected chi connectivity index (χ3v) is 7.31. The van der Waals surface area contributed by atoms with Crippen molar-refractivity contribution in [2.24, 2.45) is 0 Å². The van der Waals surface area contributed by atoms with Gasteiger partial charge >= 0.3 is 11.3 Å². The molecule has 1 aliphatic rings. The molecule has 1 heterocycles. The molecule has 0 bridgehead atoms. The highest BCUT2D eigenvalue weighted by molar-refractivity contribution is 6.43. The molecule has 0 unspecified atom stereocenters. The van der Waals surface area contributed by atoms with E-state index < -0.39 is 39.3 Å². The summed E-state index contributed by atoms with van der Waals surface area (Å²) in [6.07, 6.45) is 0. The molecule has 0 aliphatic heterocycles. The van der Waals surface area contributed by atoms with E-state index in [4.69, 9.17) is 9.15 Å². The first-order chi connectivity index (χ1) is 18.1. The van der Waals surface area contributed by atoms with Crippen LogP contribution in [0.5, 0.6) is 0 Å². The van der Waals surface area contributed by atoms with Gasteiger partial charge in [0.1, 0.15) is 0 Å². The zero-order valence-corrected chi connectivity index (χ0v) is 20.5. The molecule has 6 rings (SSSR count). The number of Topliss-reactive ketones (excluding diaryl/α,β-unsaturated/α-hetero) is 2. The number of rotatable bonds is 3. The fraction of sp³-hybridized carbons (Fsp3) is 0.133. The van der Waals surface area contributed by atoms with Crippen LogP contribution in [0.3, 0.4) is 0 Å². The number of methoxy groups -OCH3 is 1. The molecule has 0 saturated carbocycles. The maximum atomic E-state index is 14.1. The van der Waals surface area contributed by atoms with Crippen LogP contribution in [0, 0.1) is 0 Å². The Morgan fingerprint density at radius 2 is 1.24 bits per heavy atom. The lowest BCUT2D eigenvalue weighted by atomic mass is 9.74. The van der Waals surface area contributed by atoms with Gasteiger partial charge < -0.3 is 9.15 Å². The Morgan fingerprint density at radius 1 is 0.658 bits per heavy atom. The van der Waals surface area contributed by atoms with Gasteiger partial charge in [-0.3, -0.25) is 19.2 Å². The second kappa shape index (κ2) is 7.84. The first kappa shape index (κ1) is 23.6. The van der Waals surface area contributed by atoms with Crippen molar-refractivity contribution in [2.45, 2.75) is 19.4 Å². The molecule has 8 nitrogen and oxygen atoms in total. The van der Waals surface area contributed by atoms with E-state index in [9.17, 15) is 28.8 Å². The van der Waals surface area contributed by atoms with Gasteiger partial charge in [-0.2, -0.15) is 0 Å². The summed E-state index contributed by atoms with van der Waals surface area (Å²) in [6.45, 7) is 3.14. The quantitative estimate of drug-likeness (QED) is 0.341. The SMILES string of the molecule is COC(C)(C)C1=C(c2c3c(=O)oc(=O)c3cc3c(=O)c4ccccc4c(=O)c23)C(=O)c2ccccc2C1=O. The van der Waals surface area contributed by atoms with Crippen LogP contribution < -0.4 is 22.1 Å². The van der Waals surface area contributed by atoms with Gasteiger partial charge in [0.2, 0.25) is 0 Å². The predicted octanol–water partition coefficient (Wildman–Crippen LogP) is 3.31. The number of carbonyl (C=O) groups excluding carboxylic acids is 2. The van der Waals surface area contributed by atoms with E-state index in [1.54, 1.807) is 38.1 Å². The minimum atomic E-state index is -1.36. The largest absolute Gasteiger partial charge is 0.386 e. The van der Waals surface area contributed by atoms with Crippen LogP contribution in [-0.4, -0.2) is 24.3 Å². The summed E-state index contributed by atoms with van der Waals surface area (Å²) in [5.41, 5.74) is -5.11. The molecule has 186 valence electrons. The normalized spacial score (nSPS) is 14.2. The maximum absolute atomic E-state index is 14.1. The second-order valence-corrected chi connectivity index (χ2v) is 9.65. The third kappa shape index (κ3) is 2.95. The topological polar surface area (TPSA) is 125 Å². The number of allylic oxidation sites excluding steroid dienone is 1. The third-order valence-electron chi connectivity index (χ3n) is 7.31. The highest BCUT2D eigenvalue weighted by Gasteiger charge is 2.42. The van der Waals surface area contributed by atoms with Crippen molar-refractivity contribution in [3.8, 4) is 0 Å². The summed E-state index contributed by atoms with van der Waals surface area (Å²) in [4.78, 5) is 81.2. The van der Waals surface area contributed by atoms with Crippen molar-refractivity contribution in [1.82, 2.24) is 0 Å². The van der Waals surface area contributed by atoms with E-state index >= 15 is 0 Å². The summed E-state index contributed by atoms with van der Waals surface area (Å²) in [5, 5.41) is -0.794. The predicted molar refractivity (Wildman–Crippen MR) is 142 cm³/mol. The van der Waals surface area contributed by atoms with Gasteiger partial charge in [-0.1, -0.05) is 48.5 Å². The molecule has 0 radical (unpaired) electrons. The lowest BCUT2D eigenvalue weighted by Crippen LogP contribution is -2.36. The van der Waals surface area contributed by atoms with Crippen LogP contribution in [0.2, 0.25) is 0 Å². The van der Waals surface area contributed by atoms with Gasteiger partial charge in [-0.05, 0) is 19.9 Å². The summed E-state index contributed by atoms with van der Waals surface area (Å²) in [5.74, 6) is -1.19. The zero-order chi connectivity index (χ0) is 27.1. The Bertz CT molecular complexity index is 2150. The molecule has 1 aromatic heterocycles. The van der Waals surface area contributed by atoms with Crippen molar-refractivity contribution in [1.29, 1.82) is 0 Å². The first-order valence-corrected chi connectivity index (χ1v) is 11.7. The average Bonchev–Trinajstić information content (AvgIpc) is 3.20. The molecule has 0 atom stereocenters. The fourth-order valence-corrected chi connectivity index (χ4v) is 5.36. The minimum Gasteiger partial charge on any atom is -0.386 e. The molecule has 0 saturated heterocycles. The smallest absolute Gasteiger partial charge is 0.347 e. The Balaban J connectivity index is 1.97. The van der Waals surface area contributed by atoms with Gasteiger partial charge in [0.05, 0.1) is 16.4 Å². The Morgan fingerprint density at radius 3 is 1.87 bits per heavy atom. The van der Waals surface area contributed by atoms with Crippen LogP contribution in [0.25, 0.3) is 37.9 Å². The minimum absolute atomic E-state index is 0.0576. The molecule has 0 amide bonds. The van der Waals surface area contributed by atoms with Crippen molar-refractivity contribution in [3.63, 3.8) is 0 Å². The summed E-state index contributed by atoms with van der Waals surface area (Å²) in [6, 6.07) is 13.5. The number of furan rings is 1. The number of fused-ring (bicyclic) bond motifs is 4. The number of carbonyl (C=O) groups is 2. The molecular weight excluding hydrogens is 488 g/mol. The molecule has 1 aliphatic carbocycles. The standard InChI is InChI=1S/C30H18O8/c1-30(2,37-3)23-22(26(33)15-10-6-7-11-16(15)27(23)34)21-19-17(12-18-20(21)29(36)38-28(18)35)24(31)13-8-4-5-9-14(13)25(19)32/h4-12H,1-3H3. The van der Waals surface area contributed by atoms with E-state index in [0.717, 1.165) is 6.07 Å². The maximum Gasteiger partial charge on any atom is 0.347 e. The number of ketones is 2. The average molecular weight is 506 g/mol. The molecule has 4 aromatic carbocycles. The fourth-order valence-electron chi connectivity index (χ4n) is 5.36. The second-order valence-electron chi connectivity index (χ2n) is 9.65. The van der Waals surface area contributed by atoms with Crippen molar-refractivity contribution < 1.29 is 18.7 Å². The number of benzene rings is 4. The van der Waals surface area contributed by atoms with Crippen LogP contribution in [-0.2, 0) is 4.74 Å². The molecular formula is C30H18O8. The molecule has 0 fully saturated rings. The zero-order valence-electron chi connectivity index (χ0n) is 20.5. The van der Waals surface area contributed by atoms with Crippen LogP contribution in [0.4, 0.5) is 0 Å². The molecule has 8 heteroatoms. The van der Waals surface area contributed by atoms with Crippen molar-refractivity contribution in [3.05, 3.63) is 118 Å². The lowest BCUT2D eigenvalue weighted by molar-refractivity contribution is 0.0498. The monoisotopic (exact) mass is 506 g/mol. The van der Waals surface area contributed by atoms with Gasteiger partial charge in [0.15, 0.2) is 22.4 Å². The van der Waals surface area contributed by atoms with E-state index in [1.165, 1.54) is 31.4 Å². The molecule has 38 heavy (non-hydrogen) atoms. The number of hydrogen-bond donors (Lipinski definition) is 0. The van der Waals surface area contributed by atoms with E-state index in [2.05, 4.69) is 0 Å². The summed E-state index contributed by atoms with van der Waals surface area (Å²) < 4.78 is 10.5. The van der Waals surface area contributed by atoms with E-state index in [1.807, 2.05) is 0 Å². The van der Waals surface area contributed by atoms with Crippen LogP contribution in [0.15, 0.2) is 83.8 Å². The summed E-state index contributed by atoms with van der Waals surface area (Å²) in [7, 11) is 1.36. The van der Waals surface area contributed by atoms with Gasteiger partial charge in [0.25, 0.3) is 0 Å². The Labute approximate surface area is 213 Å². The number of hydrogen-bond acceptors (Lipinski definition) is 8. The van der Waals surface area contributed by atoms with Crippen molar-refractivity contribution >= 4 is 49.5 Å². The summed E-state index contributed by atoms with van der Waals surface area (Å²) >= 11 is 0. The van der Waals surface area contributed by atoms with Gasteiger partial charge in [0, 0.05) is 56.5 Å². The Kier molecular flexibility index (Phi) is 4.86. The Hall–Kier alpha value is -4.82.